The first kappa shape index (κ1) is 18.7. The van der Waals surface area contributed by atoms with Crippen LogP contribution in [0.5, 0.6) is 5.75 Å². The first-order chi connectivity index (χ1) is 13.0. The van der Waals surface area contributed by atoms with Crippen LogP contribution in [0.4, 0.5) is 11.5 Å². The van der Waals surface area contributed by atoms with Crippen molar-refractivity contribution in [3.05, 3.63) is 82.5 Å². The van der Waals surface area contributed by atoms with Gasteiger partial charge in [0.25, 0.3) is 5.91 Å². The van der Waals surface area contributed by atoms with Gasteiger partial charge in [-0.2, -0.15) is 0 Å². The Bertz CT molecular complexity index is 960. The highest BCUT2D eigenvalue weighted by molar-refractivity contribution is 6.32. The smallest absolute Gasteiger partial charge is 0.255 e. The Balaban J connectivity index is 1.67. The maximum absolute atomic E-state index is 12.5. The van der Waals surface area contributed by atoms with Crippen molar-refractivity contribution < 1.29 is 9.53 Å². The number of benzene rings is 2. The molecule has 0 atom stereocenters. The Kier molecular flexibility index (Phi) is 5.94. The number of aromatic nitrogens is 1. The van der Waals surface area contributed by atoms with Crippen molar-refractivity contribution in [3.63, 3.8) is 0 Å². The van der Waals surface area contributed by atoms with Crippen molar-refractivity contribution in [2.45, 2.75) is 13.5 Å². The number of rotatable bonds is 6. The number of aryl methyl sites for hydroxylation is 1. The standard InChI is InChI=1S/C21H20ClN3O2/c1-14-4-3-5-15(10-14)13-24-20-11-16(8-9-23-20)21(26)25-17-6-7-19(27-2)18(22)12-17/h3-12H,13H2,1-2H3,(H,23,24)(H,25,26). The molecule has 0 saturated carbocycles. The molecule has 3 aromatic rings. The van der Waals surface area contributed by atoms with Gasteiger partial charge in [0.2, 0.25) is 0 Å². The van der Waals surface area contributed by atoms with Gasteiger partial charge in [0, 0.05) is 24.0 Å². The van der Waals surface area contributed by atoms with Gasteiger partial charge in [0.15, 0.2) is 0 Å². The first-order valence-electron chi connectivity index (χ1n) is 8.45. The number of amides is 1. The summed E-state index contributed by atoms with van der Waals surface area (Å²) in [7, 11) is 1.54. The minimum atomic E-state index is -0.239. The van der Waals surface area contributed by atoms with Crippen molar-refractivity contribution in [3.8, 4) is 5.75 Å². The molecule has 27 heavy (non-hydrogen) atoms. The highest BCUT2D eigenvalue weighted by Crippen LogP contribution is 2.27. The van der Waals surface area contributed by atoms with E-state index in [0.29, 0.717) is 34.4 Å². The minimum Gasteiger partial charge on any atom is -0.495 e. The van der Waals surface area contributed by atoms with Crippen LogP contribution in [-0.4, -0.2) is 18.0 Å². The topological polar surface area (TPSA) is 63.2 Å². The number of carbonyl (C=O) groups is 1. The molecule has 2 aromatic carbocycles. The third kappa shape index (κ3) is 4.99. The second-order valence-electron chi connectivity index (χ2n) is 6.08. The van der Waals surface area contributed by atoms with Crippen LogP contribution in [0.1, 0.15) is 21.5 Å². The molecule has 0 aliphatic heterocycles. The van der Waals surface area contributed by atoms with E-state index in [2.05, 4.69) is 34.7 Å². The molecule has 1 amide bonds. The number of nitrogens with one attached hydrogen (secondary N) is 2. The van der Waals surface area contributed by atoms with Gasteiger partial charge < -0.3 is 15.4 Å². The lowest BCUT2D eigenvalue weighted by atomic mass is 10.1. The molecule has 1 aromatic heterocycles. The SMILES string of the molecule is COc1ccc(NC(=O)c2ccnc(NCc3cccc(C)c3)c2)cc1Cl. The predicted molar refractivity (Wildman–Crippen MR) is 109 cm³/mol. The van der Waals surface area contributed by atoms with Crippen LogP contribution < -0.4 is 15.4 Å². The number of hydrogen-bond acceptors (Lipinski definition) is 4. The second-order valence-corrected chi connectivity index (χ2v) is 6.48. The van der Waals surface area contributed by atoms with Crippen LogP contribution in [0, 0.1) is 6.92 Å². The van der Waals surface area contributed by atoms with E-state index in [1.54, 1.807) is 43.6 Å². The molecule has 0 unspecified atom stereocenters. The van der Waals surface area contributed by atoms with Gasteiger partial charge in [-0.1, -0.05) is 41.4 Å². The van der Waals surface area contributed by atoms with Crippen molar-refractivity contribution in [1.29, 1.82) is 0 Å². The fraction of sp³-hybridized carbons (Fsp3) is 0.143. The quantitative estimate of drug-likeness (QED) is 0.636. The molecule has 0 fully saturated rings. The number of anilines is 2. The first-order valence-corrected chi connectivity index (χ1v) is 8.83. The summed E-state index contributed by atoms with van der Waals surface area (Å²) in [5, 5.41) is 6.50. The average molecular weight is 382 g/mol. The maximum atomic E-state index is 12.5. The highest BCUT2D eigenvalue weighted by atomic mass is 35.5. The largest absolute Gasteiger partial charge is 0.495 e. The van der Waals surface area contributed by atoms with Gasteiger partial charge in [-0.15, -0.1) is 0 Å². The zero-order chi connectivity index (χ0) is 19.2. The van der Waals surface area contributed by atoms with Crippen molar-refractivity contribution in [1.82, 2.24) is 4.98 Å². The molecule has 6 heteroatoms. The zero-order valence-electron chi connectivity index (χ0n) is 15.1. The monoisotopic (exact) mass is 381 g/mol. The van der Waals surface area contributed by atoms with Gasteiger partial charge in [0.05, 0.1) is 12.1 Å². The molecule has 0 bridgehead atoms. The fourth-order valence-corrected chi connectivity index (χ4v) is 2.89. The molecule has 0 saturated heterocycles. The summed E-state index contributed by atoms with van der Waals surface area (Å²) in [6.07, 6.45) is 1.61. The van der Waals surface area contributed by atoms with E-state index in [1.165, 1.54) is 5.56 Å². The molecule has 1 heterocycles. The third-order valence-electron chi connectivity index (χ3n) is 3.99. The number of halogens is 1. The predicted octanol–water partition coefficient (Wildman–Crippen LogP) is 4.92. The lowest BCUT2D eigenvalue weighted by molar-refractivity contribution is 0.102. The molecular formula is C21H20ClN3O2. The molecule has 0 aliphatic rings. The molecule has 3 rings (SSSR count). The molecular weight excluding hydrogens is 362 g/mol. The minimum absolute atomic E-state index is 0.239. The van der Waals surface area contributed by atoms with E-state index in [-0.39, 0.29) is 5.91 Å². The molecule has 5 nitrogen and oxygen atoms in total. The molecule has 0 radical (unpaired) electrons. The molecule has 0 aliphatic carbocycles. The van der Waals surface area contributed by atoms with Crippen molar-refractivity contribution in [2.75, 3.05) is 17.7 Å². The summed E-state index contributed by atoms with van der Waals surface area (Å²) < 4.78 is 5.11. The third-order valence-corrected chi connectivity index (χ3v) is 4.28. The van der Waals surface area contributed by atoms with Gasteiger partial charge >= 0.3 is 0 Å². The summed E-state index contributed by atoms with van der Waals surface area (Å²) in [5.74, 6) is 0.954. The summed E-state index contributed by atoms with van der Waals surface area (Å²) in [4.78, 5) is 16.8. The van der Waals surface area contributed by atoms with Crippen LogP contribution in [0.2, 0.25) is 5.02 Å². The number of ether oxygens (including phenoxy) is 1. The fourth-order valence-electron chi connectivity index (χ4n) is 2.63. The van der Waals surface area contributed by atoms with Gasteiger partial charge in [-0.05, 0) is 42.8 Å². The van der Waals surface area contributed by atoms with E-state index >= 15 is 0 Å². The Morgan fingerprint density at radius 3 is 2.74 bits per heavy atom. The van der Waals surface area contributed by atoms with Crippen molar-refractivity contribution in [2.24, 2.45) is 0 Å². The number of methoxy groups -OCH3 is 1. The summed E-state index contributed by atoms with van der Waals surface area (Å²) in [6, 6.07) is 16.7. The van der Waals surface area contributed by atoms with Gasteiger partial charge in [0.1, 0.15) is 11.6 Å². The van der Waals surface area contributed by atoms with E-state index in [4.69, 9.17) is 16.3 Å². The Labute approximate surface area is 163 Å². The second kappa shape index (κ2) is 8.56. The van der Waals surface area contributed by atoms with Gasteiger partial charge in [-0.3, -0.25) is 4.79 Å². The highest BCUT2D eigenvalue weighted by Gasteiger charge is 2.09. The maximum Gasteiger partial charge on any atom is 0.255 e. The number of nitrogens with zero attached hydrogens (tertiary/aromatic N) is 1. The summed E-state index contributed by atoms with van der Waals surface area (Å²) in [5.41, 5.74) is 3.45. The molecule has 138 valence electrons. The van der Waals surface area contributed by atoms with Crippen LogP contribution in [0.15, 0.2) is 60.8 Å². The van der Waals surface area contributed by atoms with Crippen LogP contribution in [0.25, 0.3) is 0 Å². The zero-order valence-corrected chi connectivity index (χ0v) is 15.9. The van der Waals surface area contributed by atoms with Crippen LogP contribution in [0.3, 0.4) is 0 Å². The molecule has 0 spiro atoms. The number of pyridine rings is 1. The summed E-state index contributed by atoms with van der Waals surface area (Å²) in [6.45, 7) is 2.69. The van der Waals surface area contributed by atoms with E-state index < -0.39 is 0 Å². The van der Waals surface area contributed by atoms with E-state index in [0.717, 1.165) is 5.56 Å². The summed E-state index contributed by atoms with van der Waals surface area (Å²) >= 11 is 6.10. The lowest BCUT2D eigenvalue weighted by Gasteiger charge is -2.10. The number of carbonyl (C=O) groups excluding carboxylic acids is 1. The van der Waals surface area contributed by atoms with Crippen LogP contribution >= 0.6 is 11.6 Å². The van der Waals surface area contributed by atoms with E-state index in [9.17, 15) is 4.79 Å². The van der Waals surface area contributed by atoms with Crippen LogP contribution in [-0.2, 0) is 6.54 Å². The van der Waals surface area contributed by atoms with Crippen molar-refractivity contribution >= 4 is 29.0 Å². The normalized spacial score (nSPS) is 10.3. The number of hydrogen-bond donors (Lipinski definition) is 2. The van der Waals surface area contributed by atoms with E-state index in [1.807, 2.05) is 12.1 Å². The Hall–Kier alpha value is -3.05. The Morgan fingerprint density at radius 2 is 2.00 bits per heavy atom. The average Bonchev–Trinajstić information content (AvgIpc) is 2.67. The van der Waals surface area contributed by atoms with Gasteiger partial charge in [-0.25, -0.2) is 4.98 Å². The Morgan fingerprint density at radius 1 is 1.15 bits per heavy atom. The molecule has 2 N–H and O–H groups in total. The lowest BCUT2D eigenvalue weighted by Crippen LogP contribution is -2.13.